The minimum absolute atomic E-state index is 0.00739. The average molecular weight is 581 g/mol. The lowest BCUT2D eigenvalue weighted by molar-refractivity contribution is 0.133. The zero-order valence-corrected chi connectivity index (χ0v) is 24.6. The second-order valence-corrected chi connectivity index (χ2v) is 13.0. The first kappa shape index (κ1) is 34.4. The summed E-state index contributed by atoms with van der Waals surface area (Å²) in [6, 6.07) is 21.8. The van der Waals surface area contributed by atoms with Gasteiger partial charge >= 0.3 is 0 Å². The summed E-state index contributed by atoms with van der Waals surface area (Å²) in [5.41, 5.74) is 9.07. The molecule has 3 rings (SSSR count). The third-order valence-corrected chi connectivity index (χ3v) is 7.02. The van der Waals surface area contributed by atoms with E-state index in [2.05, 4.69) is 26.1 Å². The zero-order chi connectivity index (χ0) is 29.9. The van der Waals surface area contributed by atoms with Crippen molar-refractivity contribution >= 4 is 20.2 Å². The number of rotatable bonds is 7. The van der Waals surface area contributed by atoms with Crippen molar-refractivity contribution in [2.75, 3.05) is 6.54 Å². The topological polar surface area (TPSA) is 167 Å². The van der Waals surface area contributed by atoms with Gasteiger partial charge in [-0.15, -0.1) is 0 Å². The van der Waals surface area contributed by atoms with Crippen molar-refractivity contribution in [3.63, 3.8) is 0 Å². The van der Waals surface area contributed by atoms with Gasteiger partial charge in [-0.2, -0.15) is 16.8 Å². The lowest BCUT2D eigenvalue weighted by Gasteiger charge is -2.25. The quantitative estimate of drug-likeness (QED) is 0.261. The third kappa shape index (κ3) is 14.9. The molecule has 0 bridgehead atoms. The minimum Gasteiger partial charge on any atom is -0.390 e. The van der Waals surface area contributed by atoms with Crippen molar-refractivity contribution in [1.29, 1.82) is 0 Å². The van der Waals surface area contributed by atoms with Crippen LogP contribution in [0.1, 0.15) is 37.5 Å². The number of benzene rings is 3. The van der Waals surface area contributed by atoms with Crippen molar-refractivity contribution in [2.24, 2.45) is 5.73 Å². The van der Waals surface area contributed by atoms with Gasteiger partial charge in [-0.05, 0) is 70.9 Å². The van der Waals surface area contributed by atoms with Crippen molar-refractivity contribution in [3.05, 3.63) is 95.6 Å². The Balaban J connectivity index is 0.000000304. The Kier molecular flexibility index (Phi) is 13.4. The lowest BCUT2D eigenvalue weighted by Crippen LogP contribution is -2.48. The maximum absolute atomic E-state index is 10.5. The molecule has 0 aliphatic heterocycles. The van der Waals surface area contributed by atoms with Crippen LogP contribution < -0.4 is 11.1 Å². The summed E-state index contributed by atoms with van der Waals surface area (Å²) in [5, 5.41) is 13.2. The van der Waals surface area contributed by atoms with Crippen LogP contribution in [0.4, 0.5) is 0 Å². The van der Waals surface area contributed by atoms with E-state index in [1.165, 1.54) is 24.3 Å². The predicted octanol–water partition coefficient (Wildman–Crippen LogP) is 3.79. The third-order valence-electron chi connectivity index (χ3n) is 5.29. The molecule has 0 aliphatic rings. The Hall–Kier alpha value is -2.64. The van der Waals surface area contributed by atoms with Gasteiger partial charge in [0.25, 0.3) is 20.2 Å². The van der Waals surface area contributed by atoms with Gasteiger partial charge in [0.2, 0.25) is 0 Å². The van der Waals surface area contributed by atoms with E-state index in [1.54, 1.807) is 24.3 Å². The summed E-state index contributed by atoms with van der Waals surface area (Å²) < 4.78 is 59.1. The fraction of sp³-hybridized carbons (Fsp3) is 0.357. The highest BCUT2D eigenvalue weighted by molar-refractivity contribution is 7.86. The van der Waals surface area contributed by atoms with Gasteiger partial charge in [0.15, 0.2) is 0 Å². The van der Waals surface area contributed by atoms with Crippen molar-refractivity contribution in [1.82, 2.24) is 5.32 Å². The Bertz CT molecular complexity index is 1260. The van der Waals surface area contributed by atoms with Crippen LogP contribution in [0.2, 0.25) is 0 Å². The number of β-amino-alcohol motifs (C(OH)–C–C–N with tert-alkyl or cyclic N) is 1. The van der Waals surface area contributed by atoms with E-state index in [-0.39, 0.29) is 21.4 Å². The molecule has 0 heterocycles. The Morgan fingerprint density at radius 1 is 0.744 bits per heavy atom. The van der Waals surface area contributed by atoms with E-state index in [0.717, 1.165) is 16.7 Å². The highest BCUT2D eigenvalue weighted by Gasteiger charge is 2.18. The second-order valence-electron chi connectivity index (χ2n) is 10.1. The maximum atomic E-state index is 10.5. The largest absolute Gasteiger partial charge is 0.390 e. The molecule has 39 heavy (non-hydrogen) atoms. The molecule has 2 atom stereocenters. The molecule has 0 saturated carbocycles. The van der Waals surface area contributed by atoms with Gasteiger partial charge in [0.1, 0.15) is 0 Å². The van der Waals surface area contributed by atoms with Gasteiger partial charge in [0.05, 0.1) is 15.9 Å². The van der Waals surface area contributed by atoms with Gasteiger partial charge < -0.3 is 16.2 Å². The number of nitrogens with two attached hydrogens (primary N) is 1. The number of aliphatic hydroxyl groups excluding tert-OH is 1. The van der Waals surface area contributed by atoms with Crippen LogP contribution in [0, 0.1) is 13.8 Å². The first-order chi connectivity index (χ1) is 17.9. The van der Waals surface area contributed by atoms with E-state index in [4.69, 9.17) is 14.8 Å². The summed E-state index contributed by atoms with van der Waals surface area (Å²) in [4.78, 5) is -0.133. The van der Waals surface area contributed by atoms with E-state index in [1.807, 2.05) is 44.2 Å². The fourth-order valence-electron chi connectivity index (χ4n) is 3.00. The Morgan fingerprint density at radius 3 is 1.46 bits per heavy atom. The van der Waals surface area contributed by atoms with Gasteiger partial charge in [-0.25, -0.2) is 0 Å². The molecular weight excluding hydrogens is 540 g/mol. The molecule has 0 fully saturated rings. The van der Waals surface area contributed by atoms with E-state index in [0.29, 0.717) is 13.0 Å². The van der Waals surface area contributed by atoms with Gasteiger partial charge in [0, 0.05) is 18.1 Å². The molecule has 0 radical (unpaired) electrons. The zero-order valence-electron chi connectivity index (χ0n) is 22.9. The summed E-state index contributed by atoms with van der Waals surface area (Å²) in [5.74, 6) is 0. The molecule has 0 saturated heterocycles. The summed E-state index contributed by atoms with van der Waals surface area (Å²) in [6.07, 6.45) is 0.183. The number of aryl methyl sites for hydroxylation is 2. The molecule has 0 amide bonds. The number of hydrogen-bond donors (Lipinski definition) is 5. The van der Waals surface area contributed by atoms with Crippen LogP contribution in [0.5, 0.6) is 0 Å². The van der Waals surface area contributed by atoms with Crippen molar-refractivity contribution < 1.29 is 31.0 Å². The standard InChI is InChI=1S/C14H24N2O.2C7H8O3S/c1-14(2,3)16-10-13(17)12(15)9-11-7-5-4-6-8-11;2*1-6-2-4-7(5-3-6)11(8,9)10/h4-8,12-13,16-17H,9-10,15H2,1-3H3;2*2-5H,1H3,(H,8,9,10)/t12-,13+;;/m0../s1. The van der Waals surface area contributed by atoms with Crippen LogP contribution in [-0.2, 0) is 26.7 Å². The molecule has 9 nitrogen and oxygen atoms in total. The van der Waals surface area contributed by atoms with Crippen LogP contribution in [-0.4, -0.2) is 55.3 Å². The monoisotopic (exact) mass is 580 g/mol. The average Bonchev–Trinajstić information content (AvgIpc) is 2.83. The molecule has 0 aromatic heterocycles. The number of hydrogen-bond acceptors (Lipinski definition) is 7. The highest BCUT2D eigenvalue weighted by atomic mass is 32.2. The first-order valence-electron chi connectivity index (χ1n) is 12.2. The summed E-state index contributed by atoms with van der Waals surface area (Å²) >= 11 is 0. The van der Waals surface area contributed by atoms with E-state index < -0.39 is 26.3 Å². The summed E-state index contributed by atoms with van der Waals surface area (Å²) in [7, 11) is -8.04. The van der Waals surface area contributed by atoms with E-state index >= 15 is 0 Å². The van der Waals surface area contributed by atoms with Crippen LogP contribution in [0.25, 0.3) is 0 Å². The molecular formula is C28H40N2O7S2. The van der Waals surface area contributed by atoms with Gasteiger partial charge in [-0.1, -0.05) is 65.7 Å². The first-order valence-corrected chi connectivity index (χ1v) is 15.1. The van der Waals surface area contributed by atoms with E-state index in [9.17, 15) is 21.9 Å². The fourth-order valence-corrected chi connectivity index (χ4v) is 3.96. The molecule has 0 aliphatic carbocycles. The molecule has 11 heteroatoms. The smallest absolute Gasteiger partial charge is 0.294 e. The molecule has 3 aromatic rings. The molecule has 216 valence electrons. The normalized spacial score (nSPS) is 13.3. The molecule has 0 unspecified atom stereocenters. The highest BCUT2D eigenvalue weighted by Crippen LogP contribution is 2.10. The SMILES string of the molecule is CC(C)(C)NC[C@@H](O)[C@@H](N)Cc1ccccc1.Cc1ccc(S(=O)(=O)O)cc1.Cc1ccc(S(=O)(=O)O)cc1. The van der Waals surface area contributed by atoms with Crippen LogP contribution in [0.3, 0.4) is 0 Å². The molecule has 3 aromatic carbocycles. The van der Waals surface area contributed by atoms with Crippen LogP contribution >= 0.6 is 0 Å². The number of nitrogens with one attached hydrogen (secondary N) is 1. The summed E-state index contributed by atoms with van der Waals surface area (Å²) in [6.45, 7) is 10.4. The maximum Gasteiger partial charge on any atom is 0.294 e. The van der Waals surface area contributed by atoms with Crippen molar-refractivity contribution in [3.8, 4) is 0 Å². The van der Waals surface area contributed by atoms with Gasteiger partial charge in [-0.3, -0.25) is 9.11 Å². The Labute approximate surface area is 232 Å². The van der Waals surface area contributed by atoms with Crippen LogP contribution in [0.15, 0.2) is 88.7 Å². The Morgan fingerprint density at radius 2 is 1.13 bits per heavy atom. The number of aliphatic hydroxyl groups is 1. The predicted molar refractivity (Wildman–Crippen MR) is 154 cm³/mol. The molecule has 6 N–H and O–H groups in total. The molecule has 0 spiro atoms. The lowest BCUT2D eigenvalue weighted by atomic mass is 10.0. The van der Waals surface area contributed by atoms with Crippen molar-refractivity contribution in [2.45, 2.75) is 68.5 Å². The minimum atomic E-state index is -4.02. The second kappa shape index (κ2) is 15.2.